The minimum atomic E-state index is -1.30. The summed E-state index contributed by atoms with van der Waals surface area (Å²) in [5.41, 5.74) is 5.72. The van der Waals surface area contributed by atoms with Gasteiger partial charge in [0, 0.05) is 6.54 Å². The molecule has 3 atom stereocenters. The first kappa shape index (κ1) is 26.7. The van der Waals surface area contributed by atoms with Crippen LogP contribution in [0.25, 0.3) is 0 Å². The molecule has 0 aromatic heterocycles. The smallest absolute Gasteiger partial charge is 0.305 e. The van der Waals surface area contributed by atoms with E-state index in [0.717, 1.165) is 6.42 Å². The van der Waals surface area contributed by atoms with E-state index in [4.69, 9.17) is 10.8 Å². The molecule has 0 fully saturated rings. The molecule has 0 saturated carbocycles. The maximum atomic E-state index is 12.2. The second-order valence-electron chi connectivity index (χ2n) is 5.57. The molecule has 152 valence electrons. The number of nitrogens with two attached hydrogens (primary N) is 1. The van der Waals surface area contributed by atoms with Crippen LogP contribution < -0.4 is 21.7 Å². The Balaban J connectivity index is 0. The van der Waals surface area contributed by atoms with Crippen LogP contribution >= 0.6 is 24.2 Å². The van der Waals surface area contributed by atoms with Crippen molar-refractivity contribution in [3.63, 3.8) is 0 Å². The van der Waals surface area contributed by atoms with Crippen molar-refractivity contribution in [2.24, 2.45) is 5.73 Å². The van der Waals surface area contributed by atoms with Gasteiger partial charge in [0.1, 0.15) is 12.1 Å². The first-order chi connectivity index (χ1) is 11.7. The van der Waals surface area contributed by atoms with Crippen molar-refractivity contribution < 1.29 is 24.3 Å². The zero-order valence-electron chi connectivity index (χ0n) is 15.2. The maximum absolute atomic E-state index is 12.2. The Morgan fingerprint density at radius 3 is 2.23 bits per heavy atom. The number of amides is 3. The van der Waals surface area contributed by atoms with E-state index in [2.05, 4.69) is 16.0 Å². The lowest BCUT2D eigenvalue weighted by Crippen LogP contribution is -2.55. The highest BCUT2D eigenvalue weighted by atomic mass is 35.5. The fourth-order valence-electron chi connectivity index (χ4n) is 1.82. The van der Waals surface area contributed by atoms with Crippen molar-refractivity contribution in [1.82, 2.24) is 16.0 Å². The Morgan fingerprint density at radius 2 is 1.73 bits per heavy atom. The van der Waals surface area contributed by atoms with Crippen molar-refractivity contribution in [3.05, 3.63) is 0 Å². The van der Waals surface area contributed by atoms with E-state index in [0.29, 0.717) is 18.7 Å². The Hall–Kier alpha value is -1.52. The molecule has 26 heavy (non-hydrogen) atoms. The molecule has 0 bridgehead atoms. The number of aliphatic carboxylic acids is 1. The van der Waals surface area contributed by atoms with Gasteiger partial charge >= 0.3 is 5.97 Å². The zero-order chi connectivity index (χ0) is 19.4. The highest BCUT2D eigenvalue weighted by molar-refractivity contribution is 7.98. The van der Waals surface area contributed by atoms with Gasteiger partial charge < -0.3 is 26.8 Å². The molecule has 3 amide bonds. The fourth-order valence-corrected chi connectivity index (χ4v) is 2.31. The Morgan fingerprint density at radius 1 is 1.12 bits per heavy atom. The number of carbonyl (C=O) groups is 4. The number of hydrogen-bond acceptors (Lipinski definition) is 6. The van der Waals surface area contributed by atoms with Crippen molar-refractivity contribution in [2.75, 3.05) is 18.6 Å². The number of carbonyl (C=O) groups excluding carboxylic acids is 3. The van der Waals surface area contributed by atoms with E-state index >= 15 is 0 Å². The summed E-state index contributed by atoms with van der Waals surface area (Å²) in [6.07, 6.45) is 2.43. The monoisotopic (exact) mass is 412 g/mol. The standard InChI is InChI=1S/C15H28N4O5S.ClH/c1-4-6-17-13(22)9(2)18-15(24)11(8-12(20)21)19-14(23)10(16)5-7-25-3;/h9-11H,4-8,16H2,1-3H3,(H,17,22)(H,18,24)(H,19,23)(H,20,21);1H/t9-,10+,11+;/m1./s1. The molecule has 0 unspecified atom stereocenters. The van der Waals surface area contributed by atoms with E-state index in [-0.39, 0.29) is 18.3 Å². The van der Waals surface area contributed by atoms with E-state index in [1.54, 1.807) is 0 Å². The molecule has 0 radical (unpaired) electrons. The maximum Gasteiger partial charge on any atom is 0.305 e. The first-order valence-corrected chi connectivity index (χ1v) is 9.47. The highest BCUT2D eigenvalue weighted by Gasteiger charge is 2.28. The Kier molecular flexibility index (Phi) is 15.0. The predicted molar refractivity (Wildman–Crippen MR) is 103 cm³/mol. The summed E-state index contributed by atoms with van der Waals surface area (Å²) in [5.74, 6) is -2.31. The van der Waals surface area contributed by atoms with Gasteiger partial charge in [0.2, 0.25) is 17.7 Å². The second kappa shape index (κ2) is 14.6. The van der Waals surface area contributed by atoms with Crippen LogP contribution in [0, 0.1) is 0 Å². The van der Waals surface area contributed by atoms with Crippen molar-refractivity contribution in [1.29, 1.82) is 0 Å². The third-order valence-corrected chi connectivity index (χ3v) is 3.93. The van der Waals surface area contributed by atoms with Crippen LogP contribution in [0.3, 0.4) is 0 Å². The van der Waals surface area contributed by atoms with Crippen LogP contribution in [-0.4, -0.2) is 65.5 Å². The van der Waals surface area contributed by atoms with Gasteiger partial charge in [0.05, 0.1) is 12.5 Å². The van der Waals surface area contributed by atoms with Gasteiger partial charge in [-0.1, -0.05) is 6.92 Å². The van der Waals surface area contributed by atoms with Crippen molar-refractivity contribution in [2.45, 2.75) is 51.2 Å². The number of nitrogens with one attached hydrogen (secondary N) is 3. The molecule has 0 spiro atoms. The number of hydrogen-bond donors (Lipinski definition) is 5. The summed E-state index contributed by atoms with van der Waals surface area (Å²) in [7, 11) is 0. The van der Waals surface area contributed by atoms with Crippen LogP contribution in [0.2, 0.25) is 0 Å². The Bertz CT molecular complexity index is 481. The molecule has 0 rings (SSSR count). The van der Waals surface area contributed by atoms with Gasteiger partial charge in [-0.05, 0) is 31.8 Å². The van der Waals surface area contributed by atoms with Gasteiger partial charge in [-0.25, -0.2) is 0 Å². The molecule has 0 aliphatic carbocycles. The van der Waals surface area contributed by atoms with E-state index in [9.17, 15) is 19.2 Å². The van der Waals surface area contributed by atoms with Crippen LogP contribution in [0.4, 0.5) is 0 Å². The molecule has 0 aliphatic rings. The summed E-state index contributed by atoms with van der Waals surface area (Å²) in [6, 6.07) is -2.98. The normalized spacial score (nSPS) is 13.5. The van der Waals surface area contributed by atoms with E-state index < -0.39 is 42.3 Å². The van der Waals surface area contributed by atoms with Gasteiger partial charge in [-0.15, -0.1) is 12.4 Å². The predicted octanol–water partition coefficient (Wildman–Crippen LogP) is -0.521. The number of rotatable bonds is 12. The molecule has 0 saturated heterocycles. The molecule has 9 nitrogen and oxygen atoms in total. The fraction of sp³-hybridized carbons (Fsp3) is 0.733. The summed E-state index contributed by atoms with van der Waals surface area (Å²) in [4.78, 5) is 47.0. The topological polar surface area (TPSA) is 151 Å². The minimum Gasteiger partial charge on any atom is -0.481 e. The molecule has 0 heterocycles. The van der Waals surface area contributed by atoms with Gasteiger partial charge in [-0.3, -0.25) is 19.2 Å². The second-order valence-corrected chi connectivity index (χ2v) is 6.55. The van der Waals surface area contributed by atoms with E-state index in [1.807, 2.05) is 13.2 Å². The van der Waals surface area contributed by atoms with Gasteiger partial charge in [0.25, 0.3) is 0 Å². The Labute approximate surface area is 164 Å². The van der Waals surface area contributed by atoms with Crippen LogP contribution in [0.5, 0.6) is 0 Å². The van der Waals surface area contributed by atoms with Gasteiger partial charge in [-0.2, -0.15) is 11.8 Å². The lowest BCUT2D eigenvalue weighted by Gasteiger charge is -2.21. The minimum absolute atomic E-state index is 0. The largest absolute Gasteiger partial charge is 0.481 e. The van der Waals surface area contributed by atoms with Gasteiger partial charge in [0.15, 0.2) is 0 Å². The summed E-state index contributed by atoms with van der Waals surface area (Å²) >= 11 is 1.52. The van der Waals surface area contributed by atoms with E-state index in [1.165, 1.54) is 18.7 Å². The molecule has 0 aromatic rings. The molecule has 0 aromatic carbocycles. The number of halogens is 1. The number of carboxylic acid groups (broad SMARTS) is 1. The molecular formula is C15H29ClN4O5S. The summed E-state index contributed by atoms with van der Waals surface area (Å²) in [6.45, 7) is 3.84. The van der Waals surface area contributed by atoms with Crippen LogP contribution in [0.15, 0.2) is 0 Å². The van der Waals surface area contributed by atoms with Crippen molar-refractivity contribution in [3.8, 4) is 0 Å². The molecule has 6 N–H and O–H groups in total. The SMILES string of the molecule is CCCNC(=O)[C@@H](C)NC(=O)[C@H](CC(=O)O)NC(=O)[C@@H](N)CCSC.Cl. The zero-order valence-corrected chi connectivity index (χ0v) is 16.9. The average Bonchev–Trinajstić information content (AvgIpc) is 2.55. The van der Waals surface area contributed by atoms with Crippen LogP contribution in [-0.2, 0) is 19.2 Å². The average molecular weight is 413 g/mol. The quantitative estimate of drug-likeness (QED) is 0.289. The number of thioether (sulfide) groups is 1. The molecule has 0 aliphatic heterocycles. The number of carboxylic acids is 1. The van der Waals surface area contributed by atoms with Crippen molar-refractivity contribution >= 4 is 47.9 Å². The lowest BCUT2D eigenvalue weighted by molar-refractivity contribution is -0.141. The summed E-state index contributed by atoms with van der Waals surface area (Å²) < 4.78 is 0. The molecule has 11 heteroatoms. The third kappa shape index (κ3) is 11.2. The highest BCUT2D eigenvalue weighted by Crippen LogP contribution is 2.01. The van der Waals surface area contributed by atoms with Crippen LogP contribution in [0.1, 0.15) is 33.1 Å². The third-order valence-electron chi connectivity index (χ3n) is 3.28. The molecular weight excluding hydrogens is 384 g/mol. The first-order valence-electron chi connectivity index (χ1n) is 8.07. The summed E-state index contributed by atoms with van der Waals surface area (Å²) in [5, 5.41) is 16.3. The lowest BCUT2D eigenvalue weighted by atomic mass is 10.1.